The lowest BCUT2D eigenvalue weighted by Crippen LogP contribution is -2.27. The van der Waals surface area contributed by atoms with Crippen LogP contribution in [0.3, 0.4) is 0 Å². The molecule has 0 aromatic carbocycles. The van der Waals surface area contributed by atoms with Crippen LogP contribution in [0.2, 0.25) is 0 Å². The second-order valence-electron chi connectivity index (χ2n) is 11.1. The number of carboxylic acids is 1. The van der Waals surface area contributed by atoms with Crippen molar-refractivity contribution in [2.45, 2.75) is 122 Å². The van der Waals surface area contributed by atoms with E-state index in [4.69, 9.17) is 9.84 Å². The van der Waals surface area contributed by atoms with Crippen LogP contribution < -0.4 is 0 Å². The quantitative estimate of drug-likeness (QED) is 0.164. The Bertz CT molecular complexity index is 698. The molecule has 8 nitrogen and oxygen atoms in total. The summed E-state index contributed by atoms with van der Waals surface area (Å²) in [5.74, 6) is -1.83. The summed E-state index contributed by atoms with van der Waals surface area (Å²) in [5.41, 5.74) is 0. The van der Waals surface area contributed by atoms with E-state index in [1.165, 1.54) is 108 Å². The van der Waals surface area contributed by atoms with E-state index in [-0.39, 0.29) is 30.1 Å². The van der Waals surface area contributed by atoms with Crippen LogP contribution in [0.1, 0.15) is 122 Å². The summed E-state index contributed by atoms with van der Waals surface area (Å²) in [6, 6.07) is 0. The molecule has 0 spiro atoms. The summed E-state index contributed by atoms with van der Waals surface area (Å²) in [5, 5.41) is 8.47. The number of carboxylic acid groups (broad SMARTS) is 1. The van der Waals surface area contributed by atoms with Crippen molar-refractivity contribution >= 4 is 23.8 Å². The van der Waals surface area contributed by atoms with Crippen molar-refractivity contribution in [1.29, 1.82) is 0 Å². The Kier molecular flexibility index (Phi) is 18.6. The van der Waals surface area contributed by atoms with E-state index in [1.807, 2.05) is 4.90 Å². The molecule has 0 saturated carbocycles. The third-order valence-electron chi connectivity index (χ3n) is 7.72. The van der Waals surface area contributed by atoms with Crippen LogP contribution in [0.15, 0.2) is 0 Å². The maximum Gasteiger partial charge on any atom is 0.310 e. The molecule has 38 heavy (non-hydrogen) atoms. The molecule has 2 amide bonds. The Morgan fingerprint density at radius 3 is 1.55 bits per heavy atom. The van der Waals surface area contributed by atoms with Gasteiger partial charge in [0.15, 0.2) is 0 Å². The fraction of sp³-hybridized carbons (Fsp3) is 0.867. The van der Waals surface area contributed by atoms with E-state index in [1.54, 1.807) is 7.05 Å². The first-order chi connectivity index (χ1) is 18.3. The number of carbonyl (C=O) groups excluding carboxylic acids is 3. The van der Waals surface area contributed by atoms with Crippen molar-refractivity contribution in [3.63, 3.8) is 0 Å². The standard InChI is InChI=1S/C24H45NO3.C6H9NO3/c1-3-4-5-6-7-8-9-10-11-12-13-14-15-16-17-18-19-25-21-22(20-23(25)26)24(27)28-2;1-7-3-4(6(9)10)2-5(7)8/h22H,3-21H2,1-2H3;4H,2-3H2,1H3,(H,9,10). The molecule has 2 saturated heterocycles. The van der Waals surface area contributed by atoms with E-state index >= 15 is 0 Å². The molecular weight excluding hydrogens is 484 g/mol. The number of hydrogen-bond donors (Lipinski definition) is 1. The molecule has 0 bridgehead atoms. The summed E-state index contributed by atoms with van der Waals surface area (Å²) < 4.78 is 4.75. The van der Waals surface area contributed by atoms with Gasteiger partial charge in [-0.15, -0.1) is 0 Å². The van der Waals surface area contributed by atoms with Crippen LogP contribution in [0.4, 0.5) is 0 Å². The van der Waals surface area contributed by atoms with Gasteiger partial charge in [0.05, 0.1) is 18.9 Å². The van der Waals surface area contributed by atoms with E-state index in [0.29, 0.717) is 19.5 Å². The van der Waals surface area contributed by atoms with Gasteiger partial charge in [-0.1, -0.05) is 103 Å². The zero-order valence-electron chi connectivity index (χ0n) is 24.4. The molecule has 2 rings (SSSR count). The van der Waals surface area contributed by atoms with Gasteiger partial charge in [-0.05, 0) is 6.42 Å². The number of rotatable bonds is 19. The minimum Gasteiger partial charge on any atom is -0.481 e. The topological polar surface area (TPSA) is 104 Å². The molecule has 220 valence electrons. The third-order valence-corrected chi connectivity index (χ3v) is 7.72. The van der Waals surface area contributed by atoms with E-state index in [2.05, 4.69) is 6.92 Å². The van der Waals surface area contributed by atoms with Crippen LogP contribution in [-0.2, 0) is 23.9 Å². The highest BCUT2D eigenvalue weighted by atomic mass is 16.5. The highest BCUT2D eigenvalue weighted by molar-refractivity contribution is 5.87. The number of unbranched alkanes of at least 4 members (excludes halogenated alkanes) is 15. The van der Waals surface area contributed by atoms with Crippen LogP contribution in [-0.4, -0.2) is 72.5 Å². The number of nitrogens with zero attached hydrogens (tertiary/aromatic N) is 2. The van der Waals surface area contributed by atoms with Crippen LogP contribution >= 0.6 is 0 Å². The molecule has 0 aliphatic carbocycles. The van der Waals surface area contributed by atoms with E-state index in [0.717, 1.165) is 13.0 Å². The number of esters is 1. The van der Waals surface area contributed by atoms with Gasteiger partial charge in [0.25, 0.3) is 0 Å². The number of methoxy groups -OCH3 is 1. The smallest absolute Gasteiger partial charge is 0.310 e. The van der Waals surface area contributed by atoms with Crippen molar-refractivity contribution in [2.75, 3.05) is 33.8 Å². The number of hydrogen-bond acceptors (Lipinski definition) is 5. The fourth-order valence-corrected chi connectivity index (χ4v) is 5.19. The van der Waals surface area contributed by atoms with E-state index in [9.17, 15) is 19.2 Å². The first-order valence-corrected chi connectivity index (χ1v) is 15.1. The van der Waals surface area contributed by atoms with Crippen LogP contribution in [0.25, 0.3) is 0 Å². The monoisotopic (exact) mass is 538 g/mol. The first kappa shape index (κ1) is 33.9. The molecule has 1 N–H and O–H groups in total. The van der Waals surface area contributed by atoms with Crippen molar-refractivity contribution in [2.24, 2.45) is 11.8 Å². The summed E-state index contributed by atoms with van der Waals surface area (Å²) in [4.78, 5) is 47.8. The molecule has 0 aromatic heterocycles. The van der Waals surface area contributed by atoms with Crippen LogP contribution in [0, 0.1) is 11.8 Å². The molecule has 2 unspecified atom stereocenters. The maximum atomic E-state index is 11.9. The minimum atomic E-state index is -0.877. The zero-order chi connectivity index (χ0) is 28.2. The highest BCUT2D eigenvalue weighted by Crippen LogP contribution is 2.20. The number of aliphatic carboxylic acids is 1. The normalized spacial score (nSPS) is 19.0. The number of ether oxygens (including phenoxy) is 1. The number of carbonyl (C=O) groups is 4. The summed E-state index contributed by atoms with van der Waals surface area (Å²) >= 11 is 0. The molecule has 2 atom stereocenters. The van der Waals surface area contributed by atoms with Gasteiger partial charge < -0.3 is 19.6 Å². The van der Waals surface area contributed by atoms with Crippen molar-refractivity contribution in [3.05, 3.63) is 0 Å². The fourth-order valence-electron chi connectivity index (χ4n) is 5.19. The average molecular weight is 539 g/mol. The second-order valence-corrected chi connectivity index (χ2v) is 11.1. The molecule has 2 aliphatic heterocycles. The molecule has 2 heterocycles. The van der Waals surface area contributed by atoms with Gasteiger partial charge in [-0.2, -0.15) is 0 Å². The lowest BCUT2D eigenvalue weighted by atomic mass is 10.0. The Labute approximate surface area is 230 Å². The lowest BCUT2D eigenvalue weighted by molar-refractivity contribution is -0.145. The zero-order valence-corrected chi connectivity index (χ0v) is 24.4. The molecule has 2 aliphatic rings. The summed E-state index contributed by atoms with van der Waals surface area (Å²) in [7, 11) is 3.01. The largest absolute Gasteiger partial charge is 0.481 e. The lowest BCUT2D eigenvalue weighted by Gasteiger charge is -2.15. The van der Waals surface area contributed by atoms with Gasteiger partial charge in [0.1, 0.15) is 0 Å². The first-order valence-electron chi connectivity index (χ1n) is 15.1. The second kappa shape index (κ2) is 20.8. The van der Waals surface area contributed by atoms with Crippen molar-refractivity contribution < 1.29 is 29.0 Å². The Balaban J connectivity index is 0.000000600. The van der Waals surface area contributed by atoms with E-state index < -0.39 is 11.9 Å². The predicted octanol–water partition coefficient (Wildman–Crippen LogP) is 5.82. The Morgan fingerprint density at radius 1 is 0.737 bits per heavy atom. The van der Waals surface area contributed by atoms with Gasteiger partial charge in [0.2, 0.25) is 11.8 Å². The van der Waals surface area contributed by atoms with Crippen LogP contribution in [0.5, 0.6) is 0 Å². The Morgan fingerprint density at radius 2 is 1.18 bits per heavy atom. The predicted molar refractivity (Wildman–Crippen MR) is 150 cm³/mol. The number of amides is 2. The van der Waals surface area contributed by atoms with Gasteiger partial charge in [-0.3, -0.25) is 19.2 Å². The van der Waals surface area contributed by atoms with Gasteiger partial charge >= 0.3 is 11.9 Å². The average Bonchev–Trinajstić information content (AvgIpc) is 3.44. The molecule has 0 radical (unpaired) electrons. The van der Waals surface area contributed by atoms with Crippen molar-refractivity contribution in [1.82, 2.24) is 9.80 Å². The SMILES string of the molecule is CCCCCCCCCCCCCCCCCCN1CC(C(=O)OC)CC1=O.CN1CC(C(=O)O)CC1=O. The summed E-state index contributed by atoms with van der Waals surface area (Å²) in [6.07, 6.45) is 22.2. The Hall–Kier alpha value is -2.12. The van der Waals surface area contributed by atoms with Gasteiger partial charge in [-0.25, -0.2) is 0 Å². The number of likely N-dealkylation sites (tertiary alicyclic amines) is 2. The maximum absolute atomic E-state index is 11.9. The van der Waals surface area contributed by atoms with Crippen molar-refractivity contribution in [3.8, 4) is 0 Å². The minimum absolute atomic E-state index is 0.0765. The highest BCUT2D eigenvalue weighted by Gasteiger charge is 2.34. The molecule has 0 aromatic rings. The van der Waals surface area contributed by atoms with Gasteiger partial charge in [0, 0.05) is 39.5 Å². The summed E-state index contributed by atoms with van der Waals surface area (Å²) in [6.45, 7) is 3.97. The molecule has 8 heteroatoms. The molecule has 2 fully saturated rings. The third kappa shape index (κ3) is 14.7. The molecular formula is C30H54N2O6.